The van der Waals surface area contributed by atoms with Gasteiger partial charge in [-0.25, -0.2) is 0 Å². The van der Waals surface area contributed by atoms with E-state index in [1.165, 1.54) is 43.1 Å². The quantitative estimate of drug-likeness (QED) is 0.888. The average molecular weight is 343 g/mol. The molecule has 2 heterocycles. The third-order valence-corrected chi connectivity index (χ3v) is 6.38. The monoisotopic (exact) mass is 342 g/mol. The Balaban J connectivity index is 1.91. The topological polar surface area (TPSA) is 15.3 Å². The Hall–Kier alpha value is 0.100. The molecule has 1 N–H and O–H groups in total. The molecule has 2 atom stereocenters. The number of hydrogen-bond donors (Lipinski definition) is 1. The first-order valence-corrected chi connectivity index (χ1v) is 9.11. The predicted molar refractivity (Wildman–Crippen MR) is 85.8 cm³/mol. The second kappa shape index (κ2) is 6.25. The van der Waals surface area contributed by atoms with E-state index in [1.807, 2.05) is 11.3 Å². The second-order valence-corrected chi connectivity index (χ2v) is 7.66. The summed E-state index contributed by atoms with van der Waals surface area (Å²) in [6.45, 7) is 2.43. The molecule has 3 rings (SSSR count). The Labute approximate surface area is 128 Å². The maximum atomic E-state index is 3.77. The lowest BCUT2D eigenvalue weighted by molar-refractivity contribution is 0.148. The van der Waals surface area contributed by atoms with Gasteiger partial charge >= 0.3 is 0 Å². The summed E-state index contributed by atoms with van der Waals surface area (Å²) in [6.07, 6.45) is 6.93. The molecule has 0 radical (unpaired) electrons. The summed E-state index contributed by atoms with van der Waals surface area (Å²) in [5.74, 6) is 0.753. The van der Waals surface area contributed by atoms with Crippen LogP contribution in [0.4, 0.5) is 0 Å². The minimum Gasteiger partial charge on any atom is -0.319 e. The highest BCUT2D eigenvalue weighted by molar-refractivity contribution is 9.10. The summed E-state index contributed by atoms with van der Waals surface area (Å²) >= 11 is 5.69. The number of likely N-dealkylation sites (tertiary alicyclic amines) is 1. The minimum absolute atomic E-state index is 0.622. The highest BCUT2D eigenvalue weighted by atomic mass is 79.9. The normalized spacial score (nSPS) is 29.4. The smallest absolute Gasteiger partial charge is 0.0496 e. The first-order chi connectivity index (χ1) is 9.31. The molecule has 1 saturated heterocycles. The summed E-state index contributed by atoms with van der Waals surface area (Å²) in [5.41, 5.74) is 0. The molecular formula is C15H23BrN2S. The Morgan fingerprint density at radius 3 is 2.84 bits per heavy atom. The van der Waals surface area contributed by atoms with Crippen LogP contribution in [0.2, 0.25) is 0 Å². The molecule has 2 unspecified atom stereocenters. The predicted octanol–water partition coefficient (Wildman–Crippen LogP) is 4.04. The van der Waals surface area contributed by atoms with Crippen molar-refractivity contribution >= 4 is 27.3 Å². The largest absolute Gasteiger partial charge is 0.319 e. The number of thiophene rings is 1. The third-order valence-electron chi connectivity index (χ3n) is 4.44. The van der Waals surface area contributed by atoms with Crippen LogP contribution >= 0.6 is 27.3 Å². The second-order valence-electron chi connectivity index (χ2n) is 5.86. The van der Waals surface area contributed by atoms with Crippen LogP contribution in [0.1, 0.15) is 43.0 Å². The lowest BCUT2D eigenvalue weighted by Gasteiger charge is -2.35. The summed E-state index contributed by atoms with van der Waals surface area (Å²) in [7, 11) is 2.09. The van der Waals surface area contributed by atoms with E-state index in [9.17, 15) is 0 Å². The molecule has 1 aromatic heterocycles. The lowest BCUT2D eigenvalue weighted by atomic mass is 9.93. The van der Waals surface area contributed by atoms with Crippen molar-refractivity contribution in [2.45, 2.75) is 44.2 Å². The summed E-state index contributed by atoms with van der Waals surface area (Å²) < 4.78 is 1.32. The molecule has 4 heteroatoms. The van der Waals surface area contributed by atoms with Crippen molar-refractivity contribution in [3.8, 4) is 0 Å². The van der Waals surface area contributed by atoms with Crippen molar-refractivity contribution in [2.75, 3.05) is 20.1 Å². The molecule has 1 saturated carbocycles. The molecule has 0 amide bonds. The Kier molecular flexibility index (Phi) is 4.62. The van der Waals surface area contributed by atoms with Gasteiger partial charge in [-0.3, -0.25) is 4.90 Å². The van der Waals surface area contributed by atoms with Gasteiger partial charge in [-0.2, -0.15) is 0 Å². The molecule has 0 aromatic carbocycles. The van der Waals surface area contributed by atoms with Crippen LogP contribution in [0, 0.1) is 5.92 Å². The standard InChI is InChI=1S/C15H23BrN2S/c1-17-10-11-4-2-3-8-18(12-5-6-12)14(11)15-13(16)7-9-19-15/h7,9,11-12,14,17H,2-6,8,10H2,1H3. The highest BCUT2D eigenvalue weighted by Crippen LogP contribution is 2.45. The van der Waals surface area contributed by atoms with Crippen molar-refractivity contribution < 1.29 is 0 Å². The number of nitrogens with one attached hydrogen (secondary N) is 1. The number of nitrogens with zero attached hydrogens (tertiary/aromatic N) is 1. The van der Waals surface area contributed by atoms with Crippen molar-refractivity contribution in [1.82, 2.24) is 10.2 Å². The van der Waals surface area contributed by atoms with Crippen LogP contribution in [0.15, 0.2) is 15.9 Å². The zero-order chi connectivity index (χ0) is 13.2. The van der Waals surface area contributed by atoms with Crippen molar-refractivity contribution in [2.24, 2.45) is 5.92 Å². The Morgan fingerprint density at radius 2 is 2.21 bits per heavy atom. The van der Waals surface area contributed by atoms with E-state index >= 15 is 0 Å². The van der Waals surface area contributed by atoms with Gasteiger partial charge in [-0.05, 0) is 79.1 Å². The highest BCUT2D eigenvalue weighted by Gasteiger charge is 2.40. The van der Waals surface area contributed by atoms with E-state index in [0.29, 0.717) is 6.04 Å². The van der Waals surface area contributed by atoms with Gasteiger partial charge in [0, 0.05) is 21.4 Å². The van der Waals surface area contributed by atoms with Crippen LogP contribution in [0.25, 0.3) is 0 Å². The molecule has 0 spiro atoms. The molecule has 1 aromatic rings. The molecule has 106 valence electrons. The first-order valence-electron chi connectivity index (χ1n) is 7.44. The maximum Gasteiger partial charge on any atom is 0.0496 e. The van der Waals surface area contributed by atoms with Gasteiger partial charge in [0.1, 0.15) is 0 Å². The van der Waals surface area contributed by atoms with Gasteiger partial charge in [0.05, 0.1) is 0 Å². The van der Waals surface area contributed by atoms with Gasteiger partial charge < -0.3 is 5.32 Å². The van der Waals surface area contributed by atoms with Gasteiger partial charge in [0.25, 0.3) is 0 Å². The zero-order valence-corrected chi connectivity index (χ0v) is 14.0. The molecule has 1 aliphatic heterocycles. The summed E-state index contributed by atoms with van der Waals surface area (Å²) in [4.78, 5) is 4.36. The fourth-order valence-corrected chi connectivity index (χ4v) is 5.26. The van der Waals surface area contributed by atoms with E-state index in [-0.39, 0.29) is 0 Å². The summed E-state index contributed by atoms with van der Waals surface area (Å²) in [5, 5.41) is 5.65. The van der Waals surface area contributed by atoms with Crippen molar-refractivity contribution in [3.05, 3.63) is 20.8 Å². The SMILES string of the molecule is CNCC1CCCCN(C2CC2)C1c1sccc1Br. The van der Waals surface area contributed by atoms with Crippen LogP contribution in [0.3, 0.4) is 0 Å². The Bertz CT molecular complexity index is 416. The first kappa shape index (κ1) is 14.1. The minimum atomic E-state index is 0.622. The molecule has 19 heavy (non-hydrogen) atoms. The van der Waals surface area contributed by atoms with E-state index in [1.54, 1.807) is 4.88 Å². The van der Waals surface area contributed by atoms with Crippen LogP contribution in [-0.4, -0.2) is 31.1 Å². The van der Waals surface area contributed by atoms with Crippen LogP contribution in [0.5, 0.6) is 0 Å². The zero-order valence-electron chi connectivity index (χ0n) is 11.6. The molecular weight excluding hydrogens is 320 g/mol. The molecule has 1 aliphatic carbocycles. The van der Waals surface area contributed by atoms with Gasteiger partial charge in [0.2, 0.25) is 0 Å². The fraction of sp³-hybridized carbons (Fsp3) is 0.733. The van der Waals surface area contributed by atoms with Crippen molar-refractivity contribution in [3.63, 3.8) is 0 Å². The summed E-state index contributed by atoms with van der Waals surface area (Å²) in [6, 6.07) is 3.69. The van der Waals surface area contributed by atoms with E-state index in [0.717, 1.165) is 18.5 Å². The van der Waals surface area contributed by atoms with Crippen LogP contribution in [-0.2, 0) is 0 Å². The third kappa shape index (κ3) is 3.07. The fourth-order valence-electron chi connectivity index (χ4n) is 3.44. The molecule has 2 fully saturated rings. The van der Waals surface area contributed by atoms with E-state index in [2.05, 4.69) is 44.6 Å². The van der Waals surface area contributed by atoms with E-state index in [4.69, 9.17) is 0 Å². The van der Waals surface area contributed by atoms with Gasteiger partial charge in [-0.1, -0.05) is 6.42 Å². The lowest BCUT2D eigenvalue weighted by Crippen LogP contribution is -2.37. The average Bonchev–Trinajstić information content (AvgIpc) is 3.17. The van der Waals surface area contributed by atoms with E-state index < -0.39 is 0 Å². The van der Waals surface area contributed by atoms with Gasteiger partial charge in [-0.15, -0.1) is 11.3 Å². The number of rotatable bonds is 4. The maximum absolute atomic E-state index is 3.77. The number of hydrogen-bond acceptors (Lipinski definition) is 3. The van der Waals surface area contributed by atoms with Crippen LogP contribution < -0.4 is 5.32 Å². The van der Waals surface area contributed by atoms with Crippen molar-refractivity contribution in [1.29, 1.82) is 0 Å². The molecule has 2 aliphatic rings. The number of halogens is 1. The molecule has 0 bridgehead atoms. The Morgan fingerprint density at radius 1 is 1.37 bits per heavy atom. The molecule has 2 nitrogen and oxygen atoms in total. The van der Waals surface area contributed by atoms with Gasteiger partial charge in [0.15, 0.2) is 0 Å².